The number of hydrogen-bond acceptors (Lipinski definition) is 4. The molecule has 0 aliphatic rings. The lowest BCUT2D eigenvalue weighted by Crippen LogP contribution is -2.29. The van der Waals surface area contributed by atoms with E-state index < -0.39 is 11.8 Å². The van der Waals surface area contributed by atoms with Gasteiger partial charge in [-0.25, -0.2) is 4.79 Å². The van der Waals surface area contributed by atoms with E-state index in [9.17, 15) is 9.59 Å². The normalized spacial score (nSPS) is 12.7. The molecule has 0 spiro atoms. The Morgan fingerprint density at radius 1 is 1.20 bits per heavy atom. The monoisotopic (exact) mass is 342 g/mol. The van der Waals surface area contributed by atoms with Crippen LogP contribution in [-0.4, -0.2) is 20.3 Å². The average Bonchev–Trinajstić information content (AvgIpc) is 3.04. The fraction of sp³-hybridized carbons (Fsp3) is 0.389. The molecule has 7 heteroatoms. The summed E-state index contributed by atoms with van der Waals surface area (Å²) in [7, 11) is 0. The summed E-state index contributed by atoms with van der Waals surface area (Å²) in [5.41, 5.74) is 3.38. The summed E-state index contributed by atoms with van der Waals surface area (Å²) in [5.74, 6) is -0.835. The zero-order valence-corrected chi connectivity index (χ0v) is 15.0. The van der Waals surface area contributed by atoms with E-state index in [1.807, 2.05) is 32.4 Å². The van der Waals surface area contributed by atoms with Crippen molar-refractivity contribution in [3.8, 4) is 0 Å². The van der Waals surface area contributed by atoms with Crippen molar-refractivity contribution in [2.45, 2.75) is 46.7 Å². The van der Waals surface area contributed by atoms with Crippen molar-refractivity contribution >= 4 is 22.7 Å². The number of carbonyl (C=O) groups excluding carboxylic acids is 1. The molecule has 0 unspecified atom stereocenters. The second-order valence-electron chi connectivity index (χ2n) is 6.46. The molecule has 1 amide bonds. The minimum absolute atomic E-state index is 0.196. The smallest absolute Gasteiger partial charge is 0.408 e. The van der Waals surface area contributed by atoms with Crippen LogP contribution in [0.3, 0.4) is 0 Å². The van der Waals surface area contributed by atoms with E-state index in [-0.39, 0.29) is 11.9 Å². The highest BCUT2D eigenvalue weighted by Crippen LogP contribution is 2.24. The lowest BCUT2D eigenvalue weighted by atomic mass is 10.2. The van der Waals surface area contributed by atoms with Crippen molar-refractivity contribution in [1.82, 2.24) is 14.3 Å². The summed E-state index contributed by atoms with van der Waals surface area (Å²) in [6.07, 6.45) is 0. The first-order valence-electron chi connectivity index (χ1n) is 8.28. The molecule has 7 nitrogen and oxygen atoms in total. The number of benzene rings is 1. The Balaban J connectivity index is 1.94. The molecule has 132 valence electrons. The van der Waals surface area contributed by atoms with Gasteiger partial charge in [-0.05, 0) is 46.8 Å². The minimum Gasteiger partial charge on any atom is -0.408 e. The zero-order chi connectivity index (χ0) is 18.3. The maximum absolute atomic E-state index is 12.7. The van der Waals surface area contributed by atoms with E-state index in [0.717, 1.165) is 11.4 Å². The standard InChI is InChI=1S/C18H22N4O3/c1-10(2)22-12(4)16(11(3)20-22)19-17(23)13(5)21-14-8-6-7-9-15(14)25-18(21)24/h6-10,13H,1-5H3,(H,19,23)/t13-/m0/s1. The molecule has 1 atom stereocenters. The minimum atomic E-state index is -0.711. The molecule has 3 aromatic rings. The van der Waals surface area contributed by atoms with Gasteiger partial charge in [-0.2, -0.15) is 5.10 Å². The number of anilines is 1. The Hall–Kier alpha value is -2.83. The van der Waals surface area contributed by atoms with Crippen LogP contribution in [0.4, 0.5) is 5.69 Å². The average molecular weight is 342 g/mol. The van der Waals surface area contributed by atoms with Gasteiger partial charge in [0.2, 0.25) is 5.91 Å². The van der Waals surface area contributed by atoms with Crippen LogP contribution in [0.25, 0.3) is 11.1 Å². The number of carbonyl (C=O) groups is 1. The molecule has 2 heterocycles. The number of fused-ring (bicyclic) bond motifs is 1. The van der Waals surface area contributed by atoms with Gasteiger partial charge in [0.15, 0.2) is 5.58 Å². The van der Waals surface area contributed by atoms with Gasteiger partial charge < -0.3 is 9.73 Å². The highest BCUT2D eigenvalue weighted by Gasteiger charge is 2.23. The van der Waals surface area contributed by atoms with Gasteiger partial charge in [0.05, 0.1) is 22.6 Å². The van der Waals surface area contributed by atoms with Crippen molar-refractivity contribution < 1.29 is 9.21 Å². The van der Waals surface area contributed by atoms with Crippen molar-refractivity contribution in [3.05, 3.63) is 46.2 Å². The molecule has 2 aromatic heterocycles. The van der Waals surface area contributed by atoms with Gasteiger partial charge >= 0.3 is 5.76 Å². The molecule has 1 aromatic carbocycles. The van der Waals surface area contributed by atoms with Crippen LogP contribution >= 0.6 is 0 Å². The molecule has 0 bridgehead atoms. The van der Waals surface area contributed by atoms with Gasteiger partial charge in [0.25, 0.3) is 0 Å². The highest BCUT2D eigenvalue weighted by molar-refractivity contribution is 5.95. The number of nitrogens with zero attached hydrogens (tertiary/aromatic N) is 3. The molecule has 0 saturated heterocycles. The Morgan fingerprint density at radius 3 is 2.52 bits per heavy atom. The second-order valence-corrected chi connectivity index (χ2v) is 6.46. The van der Waals surface area contributed by atoms with E-state index in [0.29, 0.717) is 16.8 Å². The van der Waals surface area contributed by atoms with Gasteiger partial charge in [-0.1, -0.05) is 12.1 Å². The lowest BCUT2D eigenvalue weighted by Gasteiger charge is -2.14. The summed E-state index contributed by atoms with van der Waals surface area (Å²) >= 11 is 0. The highest BCUT2D eigenvalue weighted by atomic mass is 16.4. The summed E-state index contributed by atoms with van der Waals surface area (Å²) in [6, 6.07) is 6.54. The van der Waals surface area contributed by atoms with Gasteiger partial charge in [-0.15, -0.1) is 0 Å². The van der Waals surface area contributed by atoms with E-state index in [4.69, 9.17) is 4.42 Å². The number of aromatic nitrogens is 3. The first kappa shape index (κ1) is 17.0. The number of hydrogen-bond donors (Lipinski definition) is 1. The summed E-state index contributed by atoms with van der Waals surface area (Å²) in [6.45, 7) is 9.51. The number of para-hydroxylation sites is 2. The third-order valence-corrected chi connectivity index (χ3v) is 4.35. The number of rotatable bonds is 4. The summed E-state index contributed by atoms with van der Waals surface area (Å²) in [5, 5.41) is 7.38. The van der Waals surface area contributed by atoms with Gasteiger partial charge in [0, 0.05) is 6.04 Å². The van der Waals surface area contributed by atoms with Crippen molar-refractivity contribution in [3.63, 3.8) is 0 Å². The third kappa shape index (κ3) is 2.86. The van der Waals surface area contributed by atoms with Crippen molar-refractivity contribution in [2.24, 2.45) is 0 Å². The van der Waals surface area contributed by atoms with E-state index in [1.165, 1.54) is 4.57 Å². The predicted molar refractivity (Wildman–Crippen MR) is 95.9 cm³/mol. The maximum Gasteiger partial charge on any atom is 0.420 e. The fourth-order valence-corrected chi connectivity index (χ4v) is 3.04. The molecular weight excluding hydrogens is 320 g/mol. The lowest BCUT2D eigenvalue weighted by molar-refractivity contribution is -0.118. The van der Waals surface area contributed by atoms with E-state index in [2.05, 4.69) is 10.4 Å². The predicted octanol–water partition coefficient (Wildman–Crippen LogP) is 3.19. The number of nitrogens with one attached hydrogen (secondary N) is 1. The molecule has 0 radical (unpaired) electrons. The van der Waals surface area contributed by atoms with Crippen LogP contribution in [0.15, 0.2) is 33.5 Å². The summed E-state index contributed by atoms with van der Waals surface area (Å²) < 4.78 is 8.45. The van der Waals surface area contributed by atoms with Gasteiger partial charge in [-0.3, -0.25) is 14.0 Å². The SMILES string of the molecule is Cc1nn(C(C)C)c(C)c1NC(=O)[C@H](C)n1c(=O)oc2ccccc21. The molecule has 0 fully saturated rings. The van der Waals surface area contributed by atoms with Crippen molar-refractivity contribution in [1.29, 1.82) is 0 Å². The molecule has 25 heavy (non-hydrogen) atoms. The zero-order valence-electron chi connectivity index (χ0n) is 15.0. The van der Waals surface area contributed by atoms with Crippen LogP contribution in [0, 0.1) is 13.8 Å². The largest absolute Gasteiger partial charge is 0.420 e. The first-order chi connectivity index (χ1) is 11.8. The first-order valence-corrected chi connectivity index (χ1v) is 8.28. The van der Waals surface area contributed by atoms with Crippen LogP contribution < -0.4 is 11.1 Å². The number of oxazole rings is 1. The quantitative estimate of drug-likeness (QED) is 0.789. The second kappa shape index (κ2) is 6.23. The molecule has 0 aliphatic carbocycles. The fourth-order valence-electron chi connectivity index (χ4n) is 3.04. The molecular formula is C18H22N4O3. The van der Waals surface area contributed by atoms with Crippen LogP contribution in [0.2, 0.25) is 0 Å². The molecule has 0 saturated carbocycles. The summed E-state index contributed by atoms with van der Waals surface area (Å²) in [4.78, 5) is 24.9. The number of amides is 1. The Labute approximate surface area is 145 Å². The van der Waals surface area contributed by atoms with E-state index >= 15 is 0 Å². The molecule has 0 aliphatic heterocycles. The molecule has 3 rings (SSSR count). The Kier molecular flexibility index (Phi) is 4.24. The third-order valence-electron chi connectivity index (χ3n) is 4.35. The molecule has 1 N–H and O–H groups in total. The van der Waals surface area contributed by atoms with E-state index in [1.54, 1.807) is 31.2 Å². The van der Waals surface area contributed by atoms with Crippen LogP contribution in [0.5, 0.6) is 0 Å². The van der Waals surface area contributed by atoms with Crippen LogP contribution in [0.1, 0.15) is 44.2 Å². The maximum atomic E-state index is 12.7. The Bertz CT molecular complexity index is 994. The van der Waals surface area contributed by atoms with Crippen molar-refractivity contribution in [2.75, 3.05) is 5.32 Å². The topological polar surface area (TPSA) is 82.1 Å². The Morgan fingerprint density at radius 2 is 1.88 bits per heavy atom. The van der Waals surface area contributed by atoms with Gasteiger partial charge in [0.1, 0.15) is 6.04 Å². The number of aryl methyl sites for hydroxylation is 1. The van der Waals surface area contributed by atoms with Crippen LogP contribution in [-0.2, 0) is 4.79 Å².